The van der Waals surface area contributed by atoms with Crippen LogP contribution >= 0.6 is 11.6 Å². The van der Waals surface area contributed by atoms with E-state index in [4.69, 9.17) is 11.6 Å². The van der Waals surface area contributed by atoms with Crippen LogP contribution in [-0.2, 0) is 14.8 Å². The van der Waals surface area contributed by atoms with Gasteiger partial charge in [0.2, 0.25) is 15.9 Å². The number of likely N-dealkylation sites (tertiary alicyclic amines) is 1. The highest BCUT2D eigenvalue weighted by Gasteiger charge is 2.34. The summed E-state index contributed by atoms with van der Waals surface area (Å²) in [4.78, 5) is 16.7. The van der Waals surface area contributed by atoms with Gasteiger partial charge >= 0.3 is 0 Å². The van der Waals surface area contributed by atoms with Gasteiger partial charge in [0.05, 0.1) is 11.1 Å². The molecule has 0 spiro atoms. The molecule has 8 heteroatoms. The van der Waals surface area contributed by atoms with Gasteiger partial charge in [-0.05, 0) is 31.9 Å². The Morgan fingerprint density at radius 3 is 2.24 bits per heavy atom. The van der Waals surface area contributed by atoms with Gasteiger partial charge in [0.1, 0.15) is 4.90 Å². The summed E-state index contributed by atoms with van der Waals surface area (Å²) in [5.41, 5.74) is 0. The Bertz CT molecular complexity index is 726. The van der Waals surface area contributed by atoms with Crippen LogP contribution in [0.3, 0.4) is 0 Å². The molecule has 3 rings (SSSR count). The lowest BCUT2D eigenvalue weighted by molar-refractivity contribution is -0.135. The molecule has 0 unspecified atom stereocenters. The number of rotatable bonds is 4. The Kier molecular flexibility index (Phi) is 5.68. The topological polar surface area (TPSA) is 60.9 Å². The first-order valence-electron chi connectivity index (χ1n) is 8.69. The molecule has 1 aromatic rings. The van der Waals surface area contributed by atoms with Crippen LogP contribution in [-0.4, -0.2) is 73.7 Å². The Morgan fingerprint density at radius 2 is 1.64 bits per heavy atom. The van der Waals surface area contributed by atoms with Crippen molar-refractivity contribution in [2.45, 2.75) is 30.7 Å². The lowest BCUT2D eigenvalue weighted by Gasteiger charge is -2.37. The minimum atomic E-state index is -3.60. The van der Waals surface area contributed by atoms with E-state index in [1.807, 2.05) is 11.8 Å². The molecule has 2 aliphatic rings. The van der Waals surface area contributed by atoms with Crippen LogP contribution in [0.25, 0.3) is 0 Å². The van der Waals surface area contributed by atoms with Crippen LogP contribution in [0.4, 0.5) is 0 Å². The predicted molar refractivity (Wildman–Crippen MR) is 97.1 cm³/mol. The summed E-state index contributed by atoms with van der Waals surface area (Å²) in [6, 6.07) is 6.30. The molecule has 0 N–H and O–H groups in total. The van der Waals surface area contributed by atoms with Crippen LogP contribution in [0.5, 0.6) is 0 Å². The zero-order chi connectivity index (χ0) is 18.0. The van der Waals surface area contributed by atoms with Crippen molar-refractivity contribution in [3.8, 4) is 0 Å². The first kappa shape index (κ1) is 18.6. The SMILES string of the molecule is C[C@H](C(=O)N1CCCC1)N1CCN(S(=O)(=O)c2ccccc2Cl)CC1. The number of carbonyl (C=O) groups is 1. The summed E-state index contributed by atoms with van der Waals surface area (Å²) < 4.78 is 27.0. The van der Waals surface area contributed by atoms with Gasteiger partial charge in [-0.1, -0.05) is 23.7 Å². The van der Waals surface area contributed by atoms with Crippen molar-refractivity contribution < 1.29 is 13.2 Å². The first-order valence-corrected chi connectivity index (χ1v) is 10.5. The van der Waals surface area contributed by atoms with E-state index in [2.05, 4.69) is 4.90 Å². The second kappa shape index (κ2) is 7.61. The number of piperazine rings is 1. The van der Waals surface area contributed by atoms with Gasteiger partial charge in [0, 0.05) is 39.3 Å². The van der Waals surface area contributed by atoms with Gasteiger partial charge in [-0.2, -0.15) is 4.31 Å². The van der Waals surface area contributed by atoms with Crippen molar-refractivity contribution in [3.05, 3.63) is 29.3 Å². The third-order valence-electron chi connectivity index (χ3n) is 5.05. The van der Waals surface area contributed by atoms with Crippen LogP contribution in [0, 0.1) is 0 Å². The number of sulfonamides is 1. The molecule has 6 nitrogen and oxygen atoms in total. The molecule has 0 aromatic heterocycles. The average Bonchev–Trinajstić information content (AvgIpc) is 3.15. The molecule has 0 bridgehead atoms. The molecule has 2 heterocycles. The van der Waals surface area contributed by atoms with E-state index in [1.165, 1.54) is 10.4 Å². The number of hydrogen-bond acceptors (Lipinski definition) is 4. The molecule has 1 aromatic carbocycles. The van der Waals surface area contributed by atoms with Crippen molar-refractivity contribution in [3.63, 3.8) is 0 Å². The summed E-state index contributed by atoms with van der Waals surface area (Å²) in [6.07, 6.45) is 2.14. The number of hydrogen-bond donors (Lipinski definition) is 0. The van der Waals surface area contributed by atoms with Crippen molar-refractivity contribution in [1.82, 2.24) is 14.1 Å². The van der Waals surface area contributed by atoms with Gasteiger partial charge in [0.15, 0.2) is 0 Å². The summed E-state index contributed by atoms with van der Waals surface area (Å²) in [5.74, 6) is 0.153. The zero-order valence-electron chi connectivity index (χ0n) is 14.4. The number of nitrogens with zero attached hydrogens (tertiary/aromatic N) is 3. The Morgan fingerprint density at radius 1 is 1.04 bits per heavy atom. The summed E-state index contributed by atoms with van der Waals surface area (Å²) in [6.45, 7) is 5.41. The minimum absolute atomic E-state index is 0.145. The van der Waals surface area contributed by atoms with Gasteiger partial charge < -0.3 is 4.90 Å². The number of halogens is 1. The molecule has 1 atom stereocenters. The summed E-state index contributed by atoms with van der Waals surface area (Å²) >= 11 is 6.05. The Labute approximate surface area is 154 Å². The number of carbonyl (C=O) groups excluding carboxylic acids is 1. The predicted octanol–water partition coefficient (Wildman–Crippen LogP) is 1.66. The Balaban J connectivity index is 1.63. The molecule has 25 heavy (non-hydrogen) atoms. The van der Waals surface area contributed by atoms with Crippen LogP contribution < -0.4 is 0 Å². The van der Waals surface area contributed by atoms with Crippen LogP contribution in [0.15, 0.2) is 29.2 Å². The largest absolute Gasteiger partial charge is 0.341 e. The molecular formula is C17H24ClN3O3S. The quantitative estimate of drug-likeness (QED) is 0.790. The highest BCUT2D eigenvalue weighted by atomic mass is 35.5. The highest BCUT2D eigenvalue weighted by Crippen LogP contribution is 2.25. The molecule has 2 saturated heterocycles. The molecule has 0 saturated carbocycles. The number of benzene rings is 1. The van der Waals surface area contributed by atoms with E-state index in [1.54, 1.807) is 18.2 Å². The molecule has 0 radical (unpaired) electrons. The lowest BCUT2D eigenvalue weighted by atomic mass is 10.2. The van der Waals surface area contributed by atoms with Gasteiger partial charge in [-0.25, -0.2) is 8.42 Å². The second-order valence-electron chi connectivity index (χ2n) is 6.58. The molecule has 2 fully saturated rings. The van der Waals surface area contributed by atoms with Crippen LogP contribution in [0.1, 0.15) is 19.8 Å². The van der Waals surface area contributed by atoms with Crippen LogP contribution in [0.2, 0.25) is 5.02 Å². The maximum atomic E-state index is 12.8. The van der Waals surface area contributed by atoms with E-state index >= 15 is 0 Å². The molecule has 1 amide bonds. The monoisotopic (exact) mass is 385 g/mol. The summed E-state index contributed by atoms with van der Waals surface area (Å²) in [7, 11) is -3.60. The fourth-order valence-corrected chi connectivity index (χ4v) is 5.40. The lowest BCUT2D eigenvalue weighted by Crippen LogP contribution is -2.55. The zero-order valence-corrected chi connectivity index (χ0v) is 16.0. The van der Waals surface area contributed by atoms with E-state index in [9.17, 15) is 13.2 Å². The fourth-order valence-electron chi connectivity index (χ4n) is 3.48. The maximum absolute atomic E-state index is 12.8. The van der Waals surface area contributed by atoms with Gasteiger partial charge in [-0.3, -0.25) is 9.69 Å². The first-order chi connectivity index (χ1) is 11.9. The Hall–Kier alpha value is -1.15. The fraction of sp³-hybridized carbons (Fsp3) is 0.588. The smallest absolute Gasteiger partial charge is 0.244 e. The average molecular weight is 386 g/mol. The normalized spacial score (nSPS) is 21.4. The molecule has 138 valence electrons. The molecular weight excluding hydrogens is 362 g/mol. The summed E-state index contributed by atoms with van der Waals surface area (Å²) in [5, 5.41) is 0.238. The number of amides is 1. The van der Waals surface area contributed by atoms with Crippen molar-refractivity contribution in [1.29, 1.82) is 0 Å². The third kappa shape index (κ3) is 3.84. The van der Waals surface area contributed by atoms with E-state index in [0.29, 0.717) is 26.2 Å². The van der Waals surface area contributed by atoms with Crippen molar-refractivity contribution >= 4 is 27.5 Å². The second-order valence-corrected chi connectivity index (χ2v) is 8.89. The van der Waals surface area contributed by atoms with E-state index < -0.39 is 10.0 Å². The van der Waals surface area contributed by atoms with Gasteiger partial charge in [-0.15, -0.1) is 0 Å². The maximum Gasteiger partial charge on any atom is 0.244 e. The molecule has 0 aliphatic carbocycles. The highest BCUT2D eigenvalue weighted by molar-refractivity contribution is 7.89. The van der Waals surface area contributed by atoms with Gasteiger partial charge in [0.25, 0.3) is 0 Å². The standard InChI is InChI=1S/C17H24ClN3O3S/c1-14(17(22)20-8-4-5-9-20)19-10-12-21(13-11-19)25(23,24)16-7-3-2-6-15(16)18/h2-3,6-7,14H,4-5,8-13H2,1H3/t14-/m1/s1. The van der Waals surface area contributed by atoms with Crippen molar-refractivity contribution in [2.75, 3.05) is 39.3 Å². The van der Waals surface area contributed by atoms with Crippen molar-refractivity contribution in [2.24, 2.45) is 0 Å². The van der Waals surface area contributed by atoms with E-state index in [-0.39, 0.29) is 21.9 Å². The van der Waals surface area contributed by atoms with E-state index in [0.717, 1.165) is 25.9 Å². The molecule has 2 aliphatic heterocycles. The third-order valence-corrected chi connectivity index (χ3v) is 7.45. The minimum Gasteiger partial charge on any atom is -0.341 e.